The summed E-state index contributed by atoms with van der Waals surface area (Å²) in [6.45, 7) is 1.78. The van der Waals surface area contributed by atoms with Crippen molar-refractivity contribution in [3.63, 3.8) is 0 Å². The van der Waals surface area contributed by atoms with E-state index >= 15 is 0 Å². The number of hydrogen-bond donors (Lipinski definition) is 3. The third-order valence-corrected chi connectivity index (χ3v) is 1.76. The Morgan fingerprint density at radius 2 is 1.80 bits per heavy atom. The van der Waals surface area contributed by atoms with Crippen molar-refractivity contribution in [2.45, 2.75) is 13.3 Å². The Balaban J connectivity index is 0. The third-order valence-electron chi connectivity index (χ3n) is 0.585. The summed E-state index contributed by atoms with van der Waals surface area (Å²) in [7, 11) is -2.23. The van der Waals surface area contributed by atoms with Gasteiger partial charge in [-0.15, -0.1) is 0 Å². The molecule has 0 heterocycles. The van der Waals surface area contributed by atoms with E-state index in [0.29, 0.717) is 6.42 Å². The standard InChI is InChI=1S/C3H11O3P.CH2BN/c1-2-3-7(4,5)6;2-1-3/h4-7H,2-3H2,1H3;2H2. The molecule has 0 unspecified atom stereocenters. The monoisotopic (exact) mass is 165 g/mol. The van der Waals surface area contributed by atoms with Crippen molar-refractivity contribution < 1.29 is 14.7 Å². The molecule has 4 nitrogen and oxygen atoms in total. The number of rotatable bonds is 2. The van der Waals surface area contributed by atoms with Crippen LogP contribution < -0.4 is 0 Å². The molecule has 0 rings (SSSR count). The number of nitriles is 1. The Morgan fingerprint density at radius 1 is 1.50 bits per heavy atom. The Bertz CT molecular complexity index is 108. The zero-order chi connectivity index (χ0) is 8.62. The molecule has 0 aliphatic heterocycles. The first-order valence-corrected chi connectivity index (χ1v) is 5.00. The van der Waals surface area contributed by atoms with Crippen LogP contribution in [0.25, 0.3) is 0 Å². The van der Waals surface area contributed by atoms with Crippen LogP contribution in [0.1, 0.15) is 13.3 Å². The molecule has 0 aromatic rings. The predicted molar refractivity (Wildman–Crippen MR) is 44.3 cm³/mol. The Labute approximate surface area is 62.1 Å². The molecule has 0 aromatic heterocycles. The summed E-state index contributed by atoms with van der Waals surface area (Å²) in [5, 5.41) is 7.32. The number of nitrogens with zero attached hydrogens (tertiary/aromatic N) is 1. The molecule has 0 aliphatic rings. The molecule has 10 heavy (non-hydrogen) atoms. The maximum atomic E-state index is 8.27. The van der Waals surface area contributed by atoms with E-state index in [2.05, 4.69) is 0 Å². The summed E-state index contributed by atoms with van der Waals surface area (Å²) in [5.74, 6) is 1.75. The zero-order valence-electron chi connectivity index (χ0n) is 6.20. The van der Waals surface area contributed by atoms with E-state index in [-0.39, 0.29) is 6.16 Å². The maximum absolute atomic E-state index is 8.27. The van der Waals surface area contributed by atoms with E-state index in [4.69, 9.17) is 19.9 Å². The van der Waals surface area contributed by atoms with Gasteiger partial charge in [0.05, 0.1) is 0 Å². The van der Waals surface area contributed by atoms with Gasteiger partial charge >= 0.3 is 42.1 Å². The normalized spacial score (nSPS) is 10.7. The first-order valence-electron chi connectivity index (χ1n) is 2.96. The van der Waals surface area contributed by atoms with Crippen LogP contribution in [0.15, 0.2) is 0 Å². The van der Waals surface area contributed by atoms with Crippen LogP contribution in [0.3, 0.4) is 0 Å². The number of hydrogen-bond acceptors (Lipinski definition) is 4. The molecule has 60 valence electrons. The van der Waals surface area contributed by atoms with Crippen molar-refractivity contribution in [3.05, 3.63) is 0 Å². The van der Waals surface area contributed by atoms with Crippen LogP contribution in [0, 0.1) is 11.2 Å². The molecule has 0 saturated carbocycles. The van der Waals surface area contributed by atoms with Crippen molar-refractivity contribution in [2.24, 2.45) is 0 Å². The molecular formula is C4H13BNO3P. The fraction of sp³-hybridized carbons (Fsp3) is 0.750. The van der Waals surface area contributed by atoms with Gasteiger partial charge in [0.25, 0.3) is 0 Å². The van der Waals surface area contributed by atoms with Crippen LogP contribution in [0.2, 0.25) is 0 Å². The van der Waals surface area contributed by atoms with Crippen molar-refractivity contribution in [3.8, 4) is 5.97 Å². The van der Waals surface area contributed by atoms with Gasteiger partial charge in [0.15, 0.2) is 0 Å². The van der Waals surface area contributed by atoms with Gasteiger partial charge in [-0.2, -0.15) is 0 Å². The predicted octanol–water partition coefficient (Wildman–Crippen LogP) is -1.03. The molecule has 0 amide bonds. The molecule has 0 aromatic carbocycles. The van der Waals surface area contributed by atoms with E-state index in [0.717, 1.165) is 0 Å². The van der Waals surface area contributed by atoms with Gasteiger partial charge in [-0.1, -0.05) is 0 Å². The minimum atomic E-state index is -3.66. The molecule has 0 bridgehead atoms. The topological polar surface area (TPSA) is 84.5 Å². The van der Waals surface area contributed by atoms with Gasteiger partial charge in [-0.25, -0.2) is 5.26 Å². The van der Waals surface area contributed by atoms with Gasteiger partial charge in [0.1, 0.15) is 0 Å². The van der Waals surface area contributed by atoms with E-state index in [1.165, 1.54) is 7.85 Å². The van der Waals surface area contributed by atoms with Crippen molar-refractivity contribution in [2.75, 3.05) is 6.16 Å². The van der Waals surface area contributed by atoms with Crippen molar-refractivity contribution in [1.82, 2.24) is 0 Å². The average molecular weight is 165 g/mol. The fourth-order valence-corrected chi connectivity index (χ4v) is 1.01. The molecule has 3 N–H and O–H groups in total. The average Bonchev–Trinajstić information content (AvgIpc) is 1.63. The second-order valence-electron chi connectivity index (χ2n) is 1.75. The molecule has 0 atom stereocenters. The Morgan fingerprint density at radius 3 is 1.80 bits per heavy atom. The summed E-state index contributed by atoms with van der Waals surface area (Å²) in [5.41, 5.74) is 0. The first kappa shape index (κ1) is 12.5. The van der Waals surface area contributed by atoms with E-state index in [1.807, 2.05) is 0 Å². The van der Waals surface area contributed by atoms with Crippen LogP contribution in [-0.4, -0.2) is 28.7 Å². The summed E-state index contributed by atoms with van der Waals surface area (Å²) < 4.78 is 0. The van der Waals surface area contributed by atoms with Crippen molar-refractivity contribution in [1.29, 1.82) is 5.26 Å². The van der Waals surface area contributed by atoms with E-state index in [1.54, 1.807) is 12.9 Å². The van der Waals surface area contributed by atoms with E-state index < -0.39 is 7.94 Å². The summed E-state index contributed by atoms with van der Waals surface area (Å²) in [4.78, 5) is 24.8. The quantitative estimate of drug-likeness (QED) is 0.360. The van der Waals surface area contributed by atoms with Crippen LogP contribution >= 0.6 is 7.94 Å². The summed E-state index contributed by atoms with van der Waals surface area (Å²) >= 11 is 0. The zero-order valence-corrected chi connectivity index (χ0v) is 7.20. The molecule has 0 aliphatic carbocycles. The summed E-state index contributed by atoms with van der Waals surface area (Å²) in [6.07, 6.45) is 0.767. The van der Waals surface area contributed by atoms with Gasteiger partial charge < -0.3 is 0 Å². The molecule has 6 heteroatoms. The minimum absolute atomic E-state index is 0.146. The van der Waals surface area contributed by atoms with Gasteiger partial charge in [0.2, 0.25) is 7.85 Å². The molecule has 0 spiro atoms. The Hall–Kier alpha value is -0.135. The summed E-state index contributed by atoms with van der Waals surface area (Å²) in [6, 6.07) is 0. The fourth-order valence-electron chi connectivity index (χ4n) is 0.335. The Kier molecular flexibility index (Phi) is 8.75. The van der Waals surface area contributed by atoms with E-state index in [9.17, 15) is 0 Å². The molecular weight excluding hydrogens is 152 g/mol. The molecule has 0 saturated heterocycles. The third kappa shape index (κ3) is 24.8. The first-order chi connectivity index (χ1) is 4.47. The van der Waals surface area contributed by atoms with Gasteiger partial charge in [0, 0.05) is 0 Å². The van der Waals surface area contributed by atoms with Crippen LogP contribution in [0.5, 0.6) is 0 Å². The van der Waals surface area contributed by atoms with Gasteiger partial charge in [-0.05, 0) is 5.97 Å². The van der Waals surface area contributed by atoms with Crippen LogP contribution in [0.4, 0.5) is 0 Å². The van der Waals surface area contributed by atoms with Gasteiger partial charge in [-0.3, -0.25) is 0 Å². The second kappa shape index (κ2) is 6.98. The second-order valence-corrected chi connectivity index (χ2v) is 3.80. The SMILES string of the molecule is BC#N.CCC[PH](O)(O)O. The van der Waals surface area contributed by atoms with Crippen LogP contribution in [-0.2, 0) is 0 Å². The molecule has 0 radical (unpaired) electrons. The molecule has 0 fully saturated rings. The van der Waals surface area contributed by atoms with Crippen molar-refractivity contribution >= 4 is 15.8 Å².